The van der Waals surface area contributed by atoms with E-state index >= 15 is 0 Å². The van der Waals surface area contributed by atoms with Crippen LogP contribution in [0.5, 0.6) is 11.5 Å². The molecule has 1 heterocycles. The maximum Gasteiger partial charge on any atom is 0.261 e. The molecule has 1 atom stereocenters. The van der Waals surface area contributed by atoms with Gasteiger partial charge < -0.3 is 19.5 Å². The number of benzene rings is 2. The quantitative estimate of drug-likeness (QED) is 0.437. The molecule has 0 radical (unpaired) electrons. The highest BCUT2D eigenvalue weighted by molar-refractivity contribution is 6.30. The lowest BCUT2D eigenvalue weighted by molar-refractivity contribution is -0.127. The van der Waals surface area contributed by atoms with E-state index in [4.69, 9.17) is 25.8 Å². The Morgan fingerprint density at radius 3 is 2.41 bits per heavy atom. The zero-order valence-electron chi connectivity index (χ0n) is 14.8. The Labute approximate surface area is 166 Å². The van der Waals surface area contributed by atoms with Gasteiger partial charge in [-0.1, -0.05) is 11.6 Å². The number of amides is 1. The van der Waals surface area contributed by atoms with E-state index in [1.807, 2.05) is 0 Å². The van der Waals surface area contributed by atoms with Crippen LogP contribution in [0, 0.1) is 29.1 Å². The predicted molar refractivity (Wildman–Crippen MR) is 89.9 cm³/mol. The molecule has 156 valence electrons. The van der Waals surface area contributed by atoms with Gasteiger partial charge in [-0.15, -0.1) is 0 Å². The molecular formula is C18H13ClF5NO4. The molecule has 0 saturated heterocycles. The van der Waals surface area contributed by atoms with Crippen molar-refractivity contribution in [3.05, 3.63) is 57.4 Å². The first-order chi connectivity index (χ1) is 13.7. The summed E-state index contributed by atoms with van der Waals surface area (Å²) in [6.07, 6.45) is -1.57. The van der Waals surface area contributed by atoms with Crippen LogP contribution in [0.2, 0.25) is 5.02 Å². The molecule has 5 nitrogen and oxygen atoms in total. The highest BCUT2D eigenvalue weighted by Crippen LogP contribution is 2.32. The van der Waals surface area contributed by atoms with Crippen molar-refractivity contribution in [1.29, 1.82) is 0 Å². The van der Waals surface area contributed by atoms with Crippen molar-refractivity contribution in [3.8, 4) is 11.5 Å². The van der Waals surface area contributed by atoms with Crippen LogP contribution in [0.15, 0.2) is 12.1 Å². The zero-order chi connectivity index (χ0) is 21.3. The normalized spacial score (nSPS) is 14.0. The summed E-state index contributed by atoms with van der Waals surface area (Å²) in [5, 5.41) is 2.79. The standard InChI is InChI=1S/C18H13ClF5NO4/c1-7(29-17-14(23)12(21)11(20)13(22)15(17)24)18(26)25-4-8-2-10(19)3-9-5-27-6-28-16(8)9/h2-3,7H,4-6H2,1H3,(H,25,26). The molecule has 2 aromatic carbocycles. The van der Waals surface area contributed by atoms with Crippen LogP contribution in [0.25, 0.3) is 0 Å². The van der Waals surface area contributed by atoms with Crippen molar-refractivity contribution in [2.75, 3.05) is 6.79 Å². The van der Waals surface area contributed by atoms with Crippen molar-refractivity contribution in [2.24, 2.45) is 0 Å². The summed E-state index contributed by atoms with van der Waals surface area (Å²) in [4.78, 5) is 12.2. The summed E-state index contributed by atoms with van der Waals surface area (Å²) < 4.78 is 82.2. The molecule has 0 spiro atoms. The molecule has 1 amide bonds. The van der Waals surface area contributed by atoms with Gasteiger partial charge in [0.2, 0.25) is 29.1 Å². The third-order valence-electron chi connectivity index (χ3n) is 4.04. The van der Waals surface area contributed by atoms with E-state index < -0.39 is 46.8 Å². The number of carbonyl (C=O) groups is 1. The van der Waals surface area contributed by atoms with Crippen LogP contribution in [0.4, 0.5) is 22.0 Å². The average molecular weight is 438 g/mol. The highest BCUT2D eigenvalue weighted by Gasteiger charge is 2.29. The molecule has 0 fully saturated rings. The summed E-state index contributed by atoms with van der Waals surface area (Å²) in [5.74, 6) is -12.9. The third-order valence-corrected chi connectivity index (χ3v) is 4.26. The average Bonchev–Trinajstić information content (AvgIpc) is 2.71. The molecule has 0 aliphatic carbocycles. The van der Waals surface area contributed by atoms with Crippen LogP contribution in [0.3, 0.4) is 0 Å². The van der Waals surface area contributed by atoms with Crippen LogP contribution in [0.1, 0.15) is 18.1 Å². The largest absolute Gasteiger partial charge is 0.475 e. The summed E-state index contributed by atoms with van der Waals surface area (Å²) >= 11 is 6.01. The van der Waals surface area contributed by atoms with Crippen LogP contribution in [-0.2, 0) is 22.7 Å². The molecule has 0 bridgehead atoms. The van der Waals surface area contributed by atoms with Crippen LogP contribution in [-0.4, -0.2) is 18.8 Å². The van der Waals surface area contributed by atoms with Gasteiger partial charge in [0.1, 0.15) is 5.75 Å². The van der Waals surface area contributed by atoms with E-state index in [1.54, 1.807) is 12.1 Å². The lowest BCUT2D eigenvalue weighted by Crippen LogP contribution is -2.36. The van der Waals surface area contributed by atoms with Gasteiger partial charge in [0.15, 0.2) is 18.6 Å². The van der Waals surface area contributed by atoms with Crippen molar-refractivity contribution in [2.45, 2.75) is 26.2 Å². The molecule has 11 heteroatoms. The molecule has 1 aliphatic rings. The minimum atomic E-state index is -2.32. The van der Waals surface area contributed by atoms with E-state index in [2.05, 4.69) is 5.32 Å². The van der Waals surface area contributed by atoms with E-state index in [9.17, 15) is 26.7 Å². The van der Waals surface area contributed by atoms with E-state index in [0.717, 1.165) is 6.92 Å². The number of nitrogens with one attached hydrogen (secondary N) is 1. The summed E-state index contributed by atoms with van der Waals surface area (Å²) in [5.41, 5.74) is 1.17. The van der Waals surface area contributed by atoms with Crippen molar-refractivity contribution in [1.82, 2.24) is 5.32 Å². The molecule has 1 aliphatic heterocycles. The molecule has 0 saturated carbocycles. The second-order valence-electron chi connectivity index (χ2n) is 6.04. The first-order valence-electron chi connectivity index (χ1n) is 8.18. The Morgan fingerprint density at radius 2 is 1.76 bits per heavy atom. The number of rotatable bonds is 5. The lowest BCUT2D eigenvalue weighted by Gasteiger charge is -2.22. The molecule has 29 heavy (non-hydrogen) atoms. The number of hydrogen-bond donors (Lipinski definition) is 1. The monoisotopic (exact) mass is 437 g/mol. The molecule has 2 aromatic rings. The van der Waals surface area contributed by atoms with Crippen molar-refractivity contribution >= 4 is 17.5 Å². The number of carbonyl (C=O) groups excluding carboxylic acids is 1. The molecule has 0 aromatic heterocycles. The summed E-state index contributed by atoms with van der Waals surface area (Å²) in [6.45, 7) is 1.27. The Bertz CT molecular complexity index is 943. The first kappa shape index (κ1) is 21.1. The van der Waals surface area contributed by atoms with Gasteiger partial charge in [-0.05, 0) is 19.1 Å². The van der Waals surface area contributed by atoms with Gasteiger partial charge in [0, 0.05) is 22.7 Å². The fourth-order valence-electron chi connectivity index (χ4n) is 2.63. The molecule has 3 rings (SSSR count). The Kier molecular flexibility index (Phi) is 6.13. The fourth-order valence-corrected chi connectivity index (χ4v) is 2.90. The predicted octanol–water partition coefficient (Wildman–Crippen LogP) is 3.99. The lowest BCUT2D eigenvalue weighted by atomic mass is 10.1. The summed E-state index contributed by atoms with van der Waals surface area (Å²) in [6, 6.07) is 3.18. The number of fused-ring (bicyclic) bond motifs is 1. The van der Waals surface area contributed by atoms with Gasteiger partial charge in [-0.2, -0.15) is 8.78 Å². The number of hydrogen-bond acceptors (Lipinski definition) is 4. The smallest absolute Gasteiger partial charge is 0.261 e. The number of halogens is 6. The van der Waals surface area contributed by atoms with Gasteiger partial charge >= 0.3 is 0 Å². The van der Waals surface area contributed by atoms with E-state index in [0.29, 0.717) is 21.9 Å². The highest BCUT2D eigenvalue weighted by atomic mass is 35.5. The topological polar surface area (TPSA) is 56.8 Å². The molecule has 1 unspecified atom stereocenters. The van der Waals surface area contributed by atoms with Crippen LogP contribution >= 0.6 is 11.6 Å². The first-order valence-corrected chi connectivity index (χ1v) is 8.56. The van der Waals surface area contributed by atoms with Gasteiger partial charge in [0.25, 0.3) is 5.91 Å². The maximum absolute atomic E-state index is 13.7. The van der Waals surface area contributed by atoms with Crippen molar-refractivity contribution < 1.29 is 41.0 Å². The Hall–Kier alpha value is -2.59. The third kappa shape index (κ3) is 4.23. The Balaban J connectivity index is 1.72. The maximum atomic E-state index is 13.7. The SMILES string of the molecule is CC(Oc1c(F)c(F)c(F)c(F)c1F)C(=O)NCc1cc(Cl)cc2c1OCOC2. The number of ether oxygens (including phenoxy) is 3. The van der Waals surface area contributed by atoms with Gasteiger partial charge in [-0.25, -0.2) is 13.2 Å². The zero-order valence-corrected chi connectivity index (χ0v) is 15.5. The second-order valence-corrected chi connectivity index (χ2v) is 6.48. The van der Waals surface area contributed by atoms with Gasteiger partial charge in [-0.3, -0.25) is 4.79 Å². The van der Waals surface area contributed by atoms with Crippen LogP contribution < -0.4 is 14.8 Å². The Morgan fingerprint density at radius 1 is 1.14 bits per heavy atom. The second kappa shape index (κ2) is 8.42. The van der Waals surface area contributed by atoms with Crippen molar-refractivity contribution in [3.63, 3.8) is 0 Å². The minimum absolute atomic E-state index is 0.00927. The van der Waals surface area contributed by atoms with E-state index in [1.165, 1.54) is 0 Å². The van der Waals surface area contributed by atoms with E-state index in [-0.39, 0.29) is 19.9 Å². The minimum Gasteiger partial charge on any atom is -0.475 e. The van der Waals surface area contributed by atoms with Gasteiger partial charge in [0.05, 0.1) is 6.61 Å². The fraction of sp³-hybridized carbons (Fsp3) is 0.278. The molecule has 1 N–H and O–H groups in total. The summed E-state index contributed by atoms with van der Waals surface area (Å²) in [7, 11) is 0. The molecular weight excluding hydrogens is 425 g/mol.